The summed E-state index contributed by atoms with van der Waals surface area (Å²) in [4.78, 5) is 20.3. The van der Waals surface area contributed by atoms with Gasteiger partial charge in [-0.1, -0.05) is 13.8 Å². The summed E-state index contributed by atoms with van der Waals surface area (Å²) >= 11 is 0. The van der Waals surface area contributed by atoms with Crippen molar-refractivity contribution in [3.63, 3.8) is 0 Å². The second kappa shape index (κ2) is 9.93. The average molecular weight is 507 g/mol. The van der Waals surface area contributed by atoms with Crippen molar-refractivity contribution in [2.24, 2.45) is 16.3 Å². The van der Waals surface area contributed by atoms with E-state index in [0.717, 1.165) is 44.9 Å². The lowest BCUT2D eigenvalue weighted by Gasteiger charge is -2.60. The molecule has 3 rings (SSSR count). The first-order valence-electron chi connectivity index (χ1n) is 10.4. The van der Waals surface area contributed by atoms with Crippen LogP contribution in [0.5, 0.6) is 0 Å². The third kappa shape index (κ3) is 5.11. The van der Waals surface area contributed by atoms with Crippen molar-refractivity contribution < 1.29 is 9.53 Å². The number of likely N-dealkylation sites (N-methyl/N-ethyl adjacent to an activating group) is 1. The molecule has 0 aromatic rings. The minimum atomic E-state index is 0. The zero-order chi connectivity index (χ0) is 19.6. The summed E-state index contributed by atoms with van der Waals surface area (Å²) in [6, 6.07) is 0.815. The summed E-state index contributed by atoms with van der Waals surface area (Å²) in [6.07, 6.45) is 4.83. The van der Waals surface area contributed by atoms with Gasteiger partial charge in [0, 0.05) is 64.3 Å². The van der Waals surface area contributed by atoms with E-state index in [0.29, 0.717) is 30.7 Å². The third-order valence-electron chi connectivity index (χ3n) is 6.63. The van der Waals surface area contributed by atoms with Crippen LogP contribution < -0.4 is 10.6 Å². The van der Waals surface area contributed by atoms with Gasteiger partial charge in [0.2, 0.25) is 5.91 Å². The normalized spacial score (nSPS) is 30.5. The van der Waals surface area contributed by atoms with Gasteiger partial charge in [-0.05, 0) is 25.7 Å². The Bertz CT molecular complexity index is 561. The molecule has 3 aliphatic rings. The van der Waals surface area contributed by atoms with Crippen molar-refractivity contribution in [2.45, 2.75) is 57.7 Å². The number of hydrogen-bond acceptors (Lipinski definition) is 4. The largest absolute Gasteiger partial charge is 0.377 e. The number of amides is 1. The minimum absolute atomic E-state index is 0. The highest BCUT2D eigenvalue weighted by molar-refractivity contribution is 14.0. The van der Waals surface area contributed by atoms with Gasteiger partial charge >= 0.3 is 0 Å². The van der Waals surface area contributed by atoms with Gasteiger partial charge < -0.3 is 20.3 Å². The van der Waals surface area contributed by atoms with Crippen LogP contribution in [0.3, 0.4) is 0 Å². The van der Waals surface area contributed by atoms with Crippen LogP contribution in [-0.2, 0) is 9.53 Å². The minimum Gasteiger partial charge on any atom is -0.377 e. The van der Waals surface area contributed by atoms with Gasteiger partial charge in [0.1, 0.15) is 0 Å². The van der Waals surface area contributed by atoms with Crippen molar-refractivity contribution >= 4 is 35.8 Å². The Hall–Kier alpha value is -0.610. The highest BCUT2D eigenvalue weighted by Crippen LogP contribution is 2.51. The fourth-order valence-electron chi connectivity index (χ4n) is 4.90. The zero-order valence-electron chi connectivity index (χ0n) is 18.0. The lowest BCUT2D eigenvalue weighted by molar-refractivity contribution is -0.188. The lowest BCUT2D eigenvalue weighted by atomic mass is 9.55. The molecule has 2 aliphatic heterocycles. The van der Waals surface area contributed by atoms with Gasteiger partial charge in [-0.15, -0.1) is 24.0 Å². The maximum Gasteiger partial charge on any atom is 0.236 e. The summed E-state index contributed by atoms with van der Waals surface area (Å²) in [5.41, 5.74) is 0.138. The van der Waals surface area contributed by atoms with Crippen molar-refractivity contribution in [2.75, 3.05) is 47.4 Å². The number of aliphatic imine (C=N–C) groups is 1. The van der Waals surface area contributed by atoms with Crippen LogP contribution >= 0.6 is 24.0 Å². The Morgan fingerprint density at radius 1 is 1.21 bits per heavy atom. The lowest BCUT2D eigenvalue weighted by Crippen LogP contribution is -2.71. The summed E-state index contributed by atoms with van der Waals surface area (Å²) in [5.74, 6) is 1.67. The van der Waals surface area contributed by atoms with E-state index in [9.17, 15) is 4.79 Å². The van der Waals surface area contributed by atoms with Crippen molar-refractivity contribution in [1.29, 1.82) is 0 Å². The molecule has 0 radical (unpaired) electrons. The monoisotopic (exact) mass is 507 g/mol. The molecular formula is C20H38IN5O2. The van der Waals surface area contributed by atoms with Crippen LogP contribution in [0.25, 0.3) is 0 Å². The molecule has 28 heavy (non-hydrogen) atoms. The van der Waals surface area contributed by atoms with E-state index in [1.54, 1.807) is 4.90 Å². The number of carbonyl (C=O) groups excluding carboxylic acids is 1. The number of likely N-dealkylation sites (tertiary alicyclic amines) is 1. The Morgan fingerprint density at radius 3 is 2.50 bits per heavy atom. The van der Waals surface area contributed by atoms with Gasteiger partial charge in [0.25, 0.3) is 0 Å². The van der Waals surface area contributed by atoms with E-state index in [4.69, 9.17) is 4.74 Å². The van der Waals surface area contributed by atoms with E-state index < -0.39 is 0 Å². The van der Waals surface area contributed by atoms with Crippen LogP contribution in [0.2, 0.25) is 0 Å². The number of ether oxygens (including phenoxy) is 1. The Kier molecular flexibility index (Phi) is 8.39. The Morgan fingerprint density at radius 2 is 1.89 bits per heavy atom. The summed E-state index contributed by atoms with van der Waals surface area (Å²) in [5, 5.41) is 7.29. The molecule has 1 amide bonds. The van der Waals surface area contributed by atoms with E-state index in [-0.39, 0.29) is 35.3 Å². The number of guanidine groups is 1. The second-order valence-electron chi connectivity index (χ2n) is 9.10. The topological polar surface area (TPSA) is 69.2 Å². The molecule has 2 N–H and O–H groups in total. The molecule has 3 fully saturated rings. The molecule has 2 saturated heterocycles. The molecule has 1 aliphatic carbocycles. The van der Waals surface area contributed by atoms with Crippen molar-refractivity contribution in [1.82, 2.24) is 20.4 Å². The number of halogens is 1. The van der Waals surface area contributed by atoms with Gasteiger partial charge in [0.05, 0.1) is 12.6 Å². The number of nitrogens with zero attached hydrogens (tertiary/aromatic N) is 3. The number of piperidine rings is 1. The molecule has 7 nitrogen and oxygen atoms in total. The standard InChI is InChI=1S/C20H37N5O2.HI/c1-20(2)17(15-7-6-12-27-18(15)20)23-19(21-3)22-14-8-10-25(11-9-14)13-16(26)24(4)5;/h14-15,17-18H,6-13H2,1-5H3,(H2,21,22,23);1H. The molecule has 0 aromatic carbocycles. The summed E-state index contributed by atoms with van der Waals surface area (Å²) in [7, 11) is 5.48. The van der Waals surface area contributed by atoms with Crippen LogP contribution in [-0.4, -0.2) is 87.2 Å². The third-order valence-corrected chi connectivity index (χ3v) is 6.63. The van der Waals surface area contributed by atoms with Crippen LogP contribution in [0.1, 0.15) is 39.5 Å². The molecule has 0 bridgehead atoms. The van der Waals surface area contributed by atoms with E-state index in [2.05, 4.69) is 34.4 Å². The van der Waals surface area contributed by atoms with Crippen molar-refractivity contribution in [3.05, 3.63) is 0 Å². The number of fused-ring (bicyclic) bond motifs is 1. The molecule has 3 unspecified atom stereocenters. The molecular weight excluding hydrogens is 469 g/mol. The summed E-state index contributed by atoms with van der Waals surface area (Å²) in [6.45, 7) is 7.91. The predicted octanol–water partition coefficient (Wildman–Crippen LogP) is 1.53. The zero-order valence-corrected chi connectivity index (χ0v) is 20.4. The number of nitrogens with one attached hydrogen (secondary N) is 2. The van der Waals surface area contributed by atoms with Crippen LogP contribution in [0.4, 0.5) is 0 Å². The average Bonchev–Trinajstić information content (AvgIpc) is 2.66. The number of carbonyl (C=O) groups is 1. The SMILES string of the molecule is CN=C(NC1CCN(CC(=O)N(C)C)CC1)NC1C2CCCOC2C1(C)C.I. The number of rotatable bonds is 4. The predicted molar refractivity (Wildman–Crippen MR) is 123 cm³/mol. The molecule has 3 atom stereocenters. The maximum absolute atomic E-state index is 11.9. The second-order valence-corrected chi connectivity index (χ2v) is 9.10. The van der Waals surface area contributed by atoms with Crippen LogP contribution in [0, 0.1) is 11.3 Å². The van der Waals surface area contributed by atoms with Gasteiger partial charge in [0.15, 0.2) is 5.96 Å². The van der Waals surface area contributed by atoms with E-state index in [1.165, 1.54) is 6.42 Å². The maximum atomic E-state index is 11.9. The van der Waals surface area contributed by atoms with Gasteiger partial charge in [-0.25, -0.2) is 0 Å². The van der Waals surface area contributed by atoms with E-state index >= 15 is 0 Å². The first-order chi connectivity index (χ1) is 12.8. The molecule has 162 valence electrons. The van der Waals surface area contributed by atoms with Gasteiger partial charge in [-0.3, -0.25) is 14.7 Å². The first kappa shape index (κ1) is 23.7. The van der Waals surface area contributed by atoms with Gasteiger partial charge in [-0.2, -0.15) is 0 Å². The molecule has 2 heterocycles. The van der Waals surface area contributed by atoms with Crippen molar-refractivity contribution in [3.8, 4) is 0 Å². The molecule has 1 saturated carbocycles. The smallest absolute Gasteiger partial charge is 0.236 e. The van der Waals surface area contributed by atoms with Crippen LogP contribution in [0.15, 0.2) is 4.99 Å². The van der Waals surface area contributed by atoms with E-state index in [1.807, 2.05) is 21.1 Å². The Labute approximate surface area is 187 Å². The highest BCUT2D eigenvalue weighted by atomic mass is 127. The summed E-state index contributed by atoms with van der Waals surface area (Å²) < 4.78 is 6.01. The first-order valence-corrected chi connectivity index (χ1v) is 10.4. The molecule has 0 aromatic heterocycles. The molecule has 8 heteroatoms. The quantitative estimate of drug-likeness (QED) is 0.343. The highest BCUT2D eigenvalue weighted by Gasteiger charge is 2.58. The fraction of sp³-hybridized carbons (Fsp3) is 0.900. The Balaban J connectivity index is 0.00000280. The fourth-order valence-corrected chi connectivity index (χ4v) is 4.90. The number of hydrogen-bond donors (Lipinski definition) is 2. The molecule has 0 spiro atoms.